The third-order valence-corrected chi connectivity index (χ3v) is 3.31. The summed E-state index contributed by atoms with van der Waals surface area (Å²) >= 11 is 0. The number of rotatable bonds is 5. The number of aromatic nitrogens is 4. The molecule has 2 heterocycles. The highest BCUT2D eigenvalue weighted by Crippen LogP contribution is 2.38. The summed E-state index contributed by atoms with van der Waals surface area (Å²) in [4.78, 5) is 8.83. The first-order valence-corrected chi connectivity index (χ1v) is 7.09. The van der Waals surface area contributed by atoms with Crippen molar-refractivity contribution in [3.8, 4) is 0 Å². The lowest BCUT2D eigenvalue weighted by atomic mass is 10.1. The van der Waals surface area contributed by atoms with E-state index >= 15 is 0 Å². The summed E-state index contributed by atoms with van der Waals surface area (Å²) in [5.74, 6) is 3.01. The maximum atomic E-state index is 5.31. The van der Waals surface area contributed by atoms with Crippen molar-refractivity contribution in [2.45, 2.75) is 58.2 Å². The summed E-state index contributed by atoms with van der Waals surface area (Å²) in [7, 11) is 0. The Balaban J connectivity index is 1.66. The molecule has 1 saturated carbocycles. The molecule has 20 heavy (non-hydrogen) atoms. The molecular formula is C14H21N5O. The molecule has 0 aromatic carbocycles. The van der Waals surface area contributed by atoms with Gasteiger partial charge in [0.05, 0.1) is 6.54 Å². The van der Waals surface area contributed by atoms with Gasteiger partial charge in [-0.2, -0.15) is 4.98 Å². The molecule has 0 aliphatic heterocycles. The van der Waals surface area contributed by atoms with Crippen molar-refractivity contribution in [3.63, 3.8) is 0 Å². The predicted molar refractivity (Wildman–Crippen MR) is 74.2 cm³/mol. The number of nitrogens with zero attached hydrogens (tertiary/aromatic N) is 4. The molecule has 0 bridgehead atoms. The zero-order valence-electron chi connectivity index (χ0n) is 12.3. The molecule has 6 heteroatoms. The summed E-state index contributed by atoms with van der Waals surface area (Å²) in [6, 6.07) is 0. The van der Waals surface area contributed by atoms with Crippen LogP contribution in [-0.4, -0.2) is 25.2 Å². The van der Waals surface area contributed by atoms with Crippen LogP contribution >= 0.6 is 0 Å². The van der Waals surface area contributed by atoms with Crippen LogP contribution in [0.15, 0.2) is 16.9 Å². The highest BCUT2D eigenvalue weighted by molar-refractivity contribution is 5.04. The zero-order valence-corrected chi connectivity index (χ0v) is 12.3. The predicted octanol–water partition coefficient (Wildman–Crippen LogP) is 2.08. The van der Waals surface area contributed by atoms with Gasteiger partial charge in [-0.3, -0.25) is 0 Å². The highest BCUT2D eigenvalue weighted by atomic mass is 16.5. The molecule has 0 spiro atoms. The van der Waals surface area contributed by atoms with Crippen LogP contribution in [-0.2, 0) is 13.1 Å². The van der Waals surface area contributed by atoms with Gasteiger partial charge in [-0.1, -0.05) is 5.16 Å². The van der Waals surface area contributed by atoms with Crippen LogP contribution in [0, 0.1) is 0 Å². The molecule has 1 N–H and O–H groups in total. The van der Waals surface area contributed by atoms with Gasteiger partial charge in [0.25, 0.3) is 0 Å². The Morgan fingerprint density at radius 3 is 2.90 bits per heavy atom. The SMILES string of the molecule is CC(C)(C)NCc1nccn1Cc1nc(C2CC2)no1. The average Bonchev–Trinajstić information content (AvgIpc) is 2.96. The van der Waals surface area contributed by atoms with Gasteiger partial charge in [0, 0.05) is 23.9 Å². The Bertz CT molecular complexity index is 576. The van der Waals surface area contributed by atoms with E-state index in [0.717, 1.165) is 18.2 Å². The van der Waals surface area contributed by atoms with E-state index < -0.39 is 0 Å². The maximum Gasteiger partial charge on any atom is 0.246 e. The van der Waals surface area contributed by atoms with Gasteiger partial charge in [0.1, 0.15) is 12.4 Å². The molecule has 1 fully saturated rings. The molecule has 1 aliphatic rings. The van der Waals surface area contributed by atoms with Crippen molar-refractivity contribution in [2.24, 2.45) is 0 Å². The van der Waals surface area contributed by atoms with Gasteiger partial charge in [-0.15, -0.1) is 0 Å². The highest BCUT2D eigenvalue weighted by Gasteiger charge is 2.28. The normalized spacial score (nSPS) is 15.8. The first kappa shape index (κ1) is 13.3. The van der Waals surface area contributed by atoms with Gasteiger partial charge >= 0.3 is 0 Å². The van der Waals surface area contributed by atoms with Crippen LogP contribution in [0.5, 0.6) is 0 Å². The Hall–Kier alpha value is -1.69. The van der Waals surface area contributed by atoms with Gasteiger partial charge in [-0.05, 0) is 33.6 Å². The topological polar surface area (TPSA) is 68.8 Å². The fourth-order valence-electron chi connectivity index (χ4n) is 1.98. The maximum absolute atomic E-state index is 5.31. The van der Waals surface area contributed by atoms with Crippen LogP contribution in [0.3, 0.4) is 0 Å². The standard InChI is InChI=1S/C14H21N5O/c1-14(2,3)16-8-11-15-6-7-19(11)9-12-17-13(18-20-12)10-4-5-10/h6-7,10,16H,4-5,8-9H2,1-3H3. The van der Waals surface area contributed by atoms with Crippen LogP contribution in [0.2, 0.25) is 0 Å². The van der Waals surface area contributed by atoms with E-state index in [1.165, 1.54) is 12.8 Å². The molecule has 0 saturated heterocycles. The van der Waals surface area contributed by atoms with Crippen LogP contribution in [0.4, 0.5) is 0 Å². The van der Waals surface area contributed by atoms with Crippen molar-refractivity contribution in [1.82, 2.24) is 25.0 Å². The monoisotopic (exact) mass is 275 g/mol. The van der Waals surface area contributed by atoms with Crippen molar-refractivity contribution < 1.29 is 4.52 Å². The van der Waals surface area contributed by atoms with E-state index in [9.17, 15) is 0 Å². The number of hydrogen-bond donors (Lipinski definition) is 1. The van der Waals surface area contributed by atoms with E-state index in [-0.39, 0.29) is 5.54 Å². The van der Waals surface area contributed by atoms with Crippen LogP contribution < -0.4 is 5.32 Å². The minimum Gasteiger partial charge on any atom is -0.337 e. The van der Waals surface area contributed by atoms with Gasteiger partial charge in [-0.25, -0.2) is 4.98 Å². The summed E-state index contributed by atoms with van der Waals surface area (Å²) < 4.78 is 7.35. The summed E-state index contributed by atoms with van der Waals surface area (Å²) in [5, 5.41) is 7.47. The molecule has 0 atom stereocenters. The second-order valence-corrected chi connectivity index (χ2v) is 6.40. The Morgan fingerprint density at radius 1 is 1.40 bits per heavy atom. The Morgan fingerprint density at radius 2 is 2.20 bits per heavy atom. The molecule has 0 unspecified atom stereocenters. The van der Waals surface area contributed by atoms with Crippen LogP contribution in [0.25, 0.3) is 0 Å². The molecule has 3 rings (SSSR count). The third kappa shape index (κ3) is 3.25. The van der Waals surface area contributed by atoms with Crippen molar-refractivity contribution >= 4 is 0 Å². The zero-order chi connectivity index (χ0) is 14.2. The third-order valence-electron chi connectivity index (χ3n) is 3.31. The lowest BCUT2D eigenvalue weighted by molar-refractivity contribution is 0.361. The largest absolute Gasteiger partial charge is 0.337 e. The lowest BCUT2D eigenvalue weighted by Crippen LogP contribution is -2.36. The second-order valence-electron chi connectivity index (χ2n) is 6.40. The Labute approximate surface area is 118 Å². The van der Waals surface area contributed by atoms with Crippen molar-refractivity contribution in [3.05, 3.63) is 29.9 Å². The smallest absolute Gasteiger partial charge is 0.246 e. The summed E-state index contributed by atoms with van der Waals surface area (Å²) in [5.41, 5.74) is 0.0699. The minimum atomic E-state index is 0.0699. The van der Waals surface area contributed by atoms with E-state index in [0.29, 0.717) is 18.4 Å². The van der Waals surface area contributed by atoms with Crippen LogP contribution in [0.1, 0.15) is 57.1 Å². The fraction of sp³-hybridized carbons (Fsp3) is 0.643. The average molecular weight is 275 g/mol. The van der Waals surface area contributed by atoms with Gasteiger partial charge in [0.15, 0.2) is 5.82 Å². The summed E-state index contributed by atoms with van der Waals surface area (Å²) in [6.45, 7) is 7.72. The fourth-order valence-corrected chi connectivity index (χ4v) is 1.98. The van der Waals surface area contributed by atoms with Crippen molar-refractivity contribution in [1.29, 1.82) is 0 Å². The van der Waals surface area contributed by atoms with E-state index in [2.05, 4.69) is 41.2 Å². The molecule has 1 aliphatic carbocycles. The quantitative estimate of drug-likeness (QED) is 0.904. The molecule has 0 radical (unpaired) electrons. The van der Waals surface area contributed by atoms with E-state index in [1.54, 1.807) is 6.20 Å². The van der Waals surface area contributed by atoms with Gasteiger partial charge in [0.2, 0.25) is 5.89 Å². The molecular weight excluding hydrogens is 254 g/mol. The first-order valence-electron chi connectivity index (χ1n) is 7.09. The Kier molecular flexibility index (Phi) is 3.33. The van der Waals surface area contributed by atoms with E-state index in [1.807, 2.05) is 10.8 Å². The molecule has 108 valence electrons. The lowest BCUT2D eigenvalue weighted by Gasteiger charge is -2.20. The van der Waals surface area contributed by atoms with Gasteiger partial charge < -0.3 is 14.4 Å². The minimum absolute atomic E-state index is 0.0699. The van der Waals surface area contributed by atoms with E-state index in [4.69, 9.17) is 4.52 Å². The number of imidazole rings is 1. The molecule has 2 aromatic heterocycles. The molecule has 0 amide bonds. The van der Waals surface area contributed by atoms with Crippen molar-refractivity contribution in [2.75, 3.05) is 0 Å². The molecule has 6 nitrogen and oxygen atoms in total. The number of nitrogens with one attached hydrogen (secondary N) is 1. The number of hydrogen-bond acceptors (Lipinski definition) is 5. The summed E-state index contributed by atoms with van der Waals surface area (Å²) in [6.07, 6.45) is 6.12. The second kappa shape index (κ2) is 5.01. The first-order chi connectivity index (χ1) is 9.51. The molecule has 2 aromatic rings.